The summed E-state index contributed by atoms with van der Waals surface area (Å²) < 4.78 is 181. The van der Waals surface area contributed by atoms with Gasteiger partial charge in [0.15, 0.2) is 0 Å². The summed E-state index contributed by atoms with van der Waals surface area (Å²) in [6, 6.07) is 8.89. The molecule has 7 rings (SSSR count). The number of aldehydes is 1. The number of aromatic nitrogens is 1. The number of fused-ring (bicyclic) bond motifs is 2. The largest absolute Gasteiger partial charge is 0.417 e. The molecule has 334 valence electrons. The summed E-state index contributed by atoms with van der Waals surface area (Å²) in [4.78, 5) is 23.9. The van der Waals surface area contributed by atoms with E-state index in [1.165, 1.54) is 6.07 Å². The zero-order valence-corrected chi connectivity index (χ0v) is 33.4. The molecule has 3 atom stereocenters. The van der Waals surface area contributed by atoms with Crippen LogP contribution in [0.3, 0.4) is 0 Å². The normalized spacial score (nSPS) is 18.5. The number of amides is 1. The molecule has 2 N–H and O–H groups in total. The van der Waals surface area contributed by atoms with E-state index in [-0.39, 0.29) is 68.3 Å². The Balaban J connectivity index is 1.32. The van der Waals surface area contributed by atoms with E-state index >= 15 is 26.3 Å². The fourth-order valence-electron chi connectivity index (χ4n) is 8.86. The highest BCUT2D eigenvalue weighted by Crippen LogP contribution is 2.57. The van der Waals surface area contributed by atoms with Crippen LogP contribution in [-0.4, -0.2) is 35.7 Å². The van der Waals surface area contributed by atoms with Gasteiger partial charge in [-0.05, 0) is 94.5 Å². The van der Waals surface area contributed by atoms with Crippen LogP contribution < -0.4 is 21.3 Å². The number of alkyl halides is 12. The summed E-state index contributed by atoms with van der Waals surface area (Å²) in [5.41, 5.74) is -12.7. The van der Waals surface area contributed by atoms with Crippen molar-refractivity contribution in [3.63, 3.8) is 0 Å². The van der Waals surface area contributed by atoms with Crippen molar-refractivity contribution < 1.29 is 62.3 Å². The van der Waals surface area contributed by atoms with Crippen LogP contribution in [0.4, 0.5) is 58.4 Å². The molecule has 2 heterocycles. The van der Waals surface area contributed by atoms with Crippen molar-refractivity contribution in [2.45, 2.75) is 43.5 Å². The Morgan fingerprint density at radius 3 is 1.88 bits per heavy atom. The molecule has 1 aliphatic carbocycles. The Hall–Kier alpha value is -6.52. The molecule has 4 aromatic carbocycles. The van der Waals surface area contributed by atoms with Gasteiger partial charge >= 0.3 is 24.7 Å². The number of hydrogen-bond donors (Lipinski definition) is 2. The minimum atomic E-state index is -6.07. The molecule has 0 bridgehead atoms. The van der Waals surface area contributed by atoms with Crippen molar-refractivity contribution in [2.24, 2.45) is 17.8 Å². The molecule has 5 aromatic rings. The van der Waals surface area contributed by atoms with Crippen LogP contribution in [0.15, 0.2) is 104 Å². The lowest BCUT2D eigenvalue weighted by molar-refractivity contribution is -0.288. The van der Waals surface area contributed by atoms with E-state index in [1.54, 1.807) is 12.2 Å². The summed E-state index contributed by atoms with van der Waals surface area (Å²) in [5.74, 6) is -1.25. The first-order valence-corrected chi connectivity index (χ1v) is 19.3. The summed E-state index contributed by atoms with van der Waals surface area (Å²) in [5, 5.41) is 4.09. The van der Waals surface area contributed by atoms with Gasteiger partial charge in [-0.25, -0.2) is 0 Å². The second-order valence-electron chi connectivity index (χ2n) is 15.8. The highest BCUT2D eigenvalue weighted by molar-refractivity contribution is 6.09. The Labute approximate surface area is 356 Å². The van der Waals surface area contributed by atoms with Gasteiger partial charge in [0.2, 0.25) is 5.41 Å². The Morgan fingerprint density at radius 1 is 0.719 bits per heavy atom. The maximum Gasteiger partial charge on any atom is 0.417 e. The van der Waals surface area contributed by atoms with Crippen molar-refractivity contribution in [1.82, 2.24) is 9.88 Å². The van der Waals surface area contributed by atoms with Crippen molar-refractivity contribution in [1.29, 1.82) is 0 Å². The van der Waals surface area contributed by atoms with E-state index in [4.69, 9.17) is 0 Å². The van der Waals surface area contributed by atoms with E-state index in [0.29, 0.717) is 54.7 Å². The average Bonchev–Trinajstić information content (AvgIpc) is 3.64. The van der Waals surface area contributed by atoms with E-state index in [1.807, 2.05) is 6.92 Å². The number of nitrogens with one attached hydrogen (secondary N) is 2. The SMILES string of the molecule is C=CC1CC(CNc2ccc(-c3ccc(-n4c(=C)c5ccc(C(c6ccc7c(c6)C(=C)NC7=O)(C(F)(F)F)C(F)(F)F)cc5c4=C)cc3C(F)(F)F)c(C(F)(F)F)c2)C=C(C=O)[C@H]1C. The van der Waals surface area contributed by atoms with Gasteiger partial charge in [-0.3, -0.25) is 9.59 Å². The van der Waals surface area contributed by atoms with Crippen molar-refractivity contribution in [2.75, 3.05) is 11.9 Å². The van der Waals surface area contributed by atoms with E-state index in [2.05, 4.69) is 36.9 Å². The number of anilines is 1. The molecule has 5 nitrogen and oxygen atoms in total. The highest BCUT2D eigenvalue weighted by Gasteiger charge is 2.72. The summed E-state index contributed by atoms with van der Waals surface area (Å²) >= 11 is 0. The number of allylic oxidation sites excluding steroid dienone is 2. The monoisotopic (exact) mass is 901 g/mol. The maximum absolute atomic E-state index is 15.2. The van der Waals surface area contributed by atoms with Crippen LogP contribution in [0.1, 0.15) is 51.5 Å². The minimum absolute atomic E-state index is 0.0633. The van der Waals surface area contributed by atoms with Crippen LogP contribution in [0, 0.1) is 17.8 Å². The van der Waals surface area contributed by atoms with Crippen molar-refractivity contribution in [3.8, 4) is 16.8 Å². The molecule has 0 radical (unpaired) electrons. The molecule has 2 aliphatic rings. The molecule has 0 spiro atoms. The molecule has 0 fully saturated rings. The predicted octanol–water partition coefficient (Wildman–Crippen LogP) is 11.3. The highest BCUT2D eigenvalue weighted by atomic mass is 19.4. The fraction of sp³-hybridized carbons (Fsp3) is 0.234. The van der Waals surface area contributed by atoms with Crippen LogP contribution in [0.5, 0.6) is 0 Å². The third-order valence-electron chi connectivity index (χ3n) is 12.1. The number of rotatable bonds is 9. The number of benzene rings is 4. The van der Waals surface area contributed by atoms with Gasteiger partial charge in [0.25, 0.3) is 5.91 Å². The van der Waals surface area contributed by atoms with Gasteiger partial charge in [-0.2, -0.15) is 52.7 Å². The molecule has 17 heteroatoms. The molecule has 1 amide bonds. The Morgan fingerprint density at radius 2 is 1.28 bits per heavy atom. The Bertz CT molecular complexity index is 2890. The average molecular weight is 902 g/mol. The molecule has 2 unspecified atom stereocenters. The predicted molar refractivity (Wildman–Crippen MR) is 218 cm³/mol. The quantitative estimate of drug-likeness (QED) is 0.0880. The zero-order chi connectivity index (χ0) is 47.1. The van der Waals surface area contributed by atoms with E-state index < -0.39 is 75.1 Å². The zero-order valence-electron chi connectivity index (χ0n) is 33.4. The van der Waals surface area contributed by atoms with Gasteiger partial charge < -0.3 is 15.2 Å². The number of carbonyl (C=O) groups is 2. The van der Waals surface area contributed by atoms with Crippen LogP contribution >= 0.6 is 0 Å². The van der Waals surface area contributed by atoms with Crippen LogP contribution in [0.2, 0.25) is 0 Å². The second kappa shape index (κ2) is 15.6. The lowest BCUT2D eigenvalue weighted by Gasteiger charge is -2.38. The van der Waals surface area contributed by atoms with Gasteiger partial charge in [0.1, 0.15) is 6.29 Å². The standard InChI is InChI=1S/C47H35F12N3O2/c1-6-28-15-27(16-29(22-63)23(28)2)21-60-32-9-13-35(40(19-32)44(48,49)50)36-14-10-33(20-41(36)45(51,52)53)62-25(4)34-11-7-31(18-39(34)26(62)5)43(46(54,55)56,47(57,58)59)30-8-12-37-38(17-30)24(3)61-42(37)64/h6-14,16-20,22-23,27-28,60H,1,3-5,15,21H2,2H3,(H,61,64)/t23-,27?,28?/m0/s1. The van der Waals surface area contributed by atoms with Crippen LogP contribution in [-0.2, 0) is 22.6 Å². The Kier molecular flexibility index (Phi) is 11.1. The molecule has 1 aliphatic heterocycles. The summed E-state index contributed by atoms with van der Waals surface area (Å²) in [6.07, 6.45) is -17.9. The maximum atomic E-state index is 15.2. The molecular weight excluding hydrogens is 867 g/mol. The van der Waals surface area contributed by atoms with Gasteiger partial charge in [0.05, 0.1) is 11.1 Å². The number of carbonyl (C=O) groups excluding carboxylic acids is 2. The fourth-order valence-corrected chi connectivity index (χ4v) is 8.86. The second-order valence-corrected chi connectivity index (χ2v) is 15.8. The molecule has 0 saturated carbocycles. The first-order chi connectivity index (χ1) is 29.7. The topological polar surface area (TPSA) is 63.1 Å². The van der Waals surface area contributed by atoms with E-state index in [0.717, 1.165) is 34.9 Å². The number of nitrogens with zero attached hydrogens (tertiary/aromatic N) is 1. The third-order valence-corrected chi connectivity index (χ3v) is 12.1. The number of hydrogen-bond acceptors (Lipinski definition) is 3. The van der Waals surface area contributed by atoms with Gasteiger partial charge in [-0.1, -0.05) is 69.1 Å². The van der Waals surface area contributed by atoms with Gasteiger partial charge in [0, 0.05) is 56.2 Å². The van der Waals surface area contributed by atoms with Gasteiger partial charge in [-0.15, -0.1) is 6.58 Å². The van der Waals surface area contributed by atoms with Crippen LogP contribution in [0.25, 0.3) is 46.4 Å². The summed E-state index contributed by atoms with van der Waals surface area (Å²) in [7, 11) is 0. The summed E-state index contributed by atoms with van der Waals surface area (Å²) in [6.45, 7) is 16.8. The molecule has 0 saturated heterocycles. The molecule has 64 heavy (non-hydrogen) atoms. The first kappa shape index (κ1) is 45.5. The lowest BCUT2D eigenvalue weighted by Crippen LogP contribution is -2.54. The minimum Gasteiger partial charge on any atom is -0.384 e. The van der Waals surface area contributed by atoms with E-state index in [9.17, 15) is 35.9 Å². The van der Waals surface area contributed by atoms with Crippen molar-refractivity contribution in [3.05, 3.63) is 148 Å². The lowest BCUT2D eigenvalue weighted by atomic mass is 9.72. The molecule has 1 aromatic heterocycles. The first-order valence-electron chi connectivity index (χ1n) is 19.3. The third kappa shape index (κ3) is 7.47. The van der Waals surface area contributed by atoms with Crippen molar-refractivity contribution >= 4 is 47.5 Å². The molecular formula is C47H35F12N3O2. The number of halogens is 12. The smallest absolute Gasteiger partial charge is 0.384 e.